The molecule has 0 radical (unpaired) electrons. The Hall–Kier alpha value is -1.99. The Kier molecular flexibility index (Phi) is 4.31. The van der Waals surface area contributed by atoms with Gasteiger partial charge in [-0.25, -0.2) is 8.42 Å². The maximum absolute atomic E-state index is 13.0. The molecule has 2 heterocycles. The molecular formula is C17H22N4O2S. The lowest BCUT2D eigenvalue weighted by molar-refractivity contribution is 0.280. The zero-order valence-electron chi connectivity index (χ0n) is 14.4. The molecule has 2 aromatic rings. The maximum atomic E-state index is 13.0. The van der Waals surface area contributed by atoms with Crippen LogP contribution in [-0.2, 0) is 10.0 Å². The van der Waals surface area contributed by atoms with Gasteiger partial charge in [0.05, 0.1) is 10.9 Å². The highest BCUT2D eigenvalue weighted by Gasteiger charge is 2.38. The van der Waals surface area contributed by atoms with Crippen molar-refractivity contribution < 1.29 is 8.42 Å². The van der Waals surface area contributed by atoms with Crippen molar-refractivity contribution in [2.45, 2.75) is 38.6 Å². The summed E-state index contributed by atoms with van der Waals surface area (Å²) in [5.74, 6) is 0.665. The van der Waals surface area contributed by atoms with Crippen LogP contribution in [0.3, 0.4) is 0 Å². The molecule has 1 aromatic heterocycles. The van der Waals surface area contributed by atoms with Crippen LogP contribution in [-0.4, -0.2) is 42.1 Å². The molecule has 1 fully saturated rings. The number of nitrogens with one attached hydrogen (secondary N) is 1. The molecule has 0 spiro atoms. The third-order valence-corrected chi connectivity index (χ3v) is 6.77. The van der Waals surface area contributed by atoms with Crippen molar-refractivity contribution in [3.8, 4) is 0 Å². The van der Waals surface area contributed by atoms with Gasteiger partial charge in [0.1, 0.15) is 5.82 Å². The molecule has 1 aliphatic rings. The highest BCUT2D eigenvalue weighted by molar-refractivity contribution is 7.89. The highest BCUT2D eigenvalue weighted by atomic mass is 32.2. The Morgan fingerprint density at radius 1 is 1.12 bits per heavy atom. The first-order valence-electron chi connectivity index (χ1n) is 7.92. The summed E-state index contributed by atoms with van der Waals surface area (Å²) in [6.45, 7) is 8.54. The van der Waals surface area contributed by atoms with Crippen LogP contribution in [0.25, 0.3) is 0 Å². The minimum atomic E-state index is -3.48. The summed E-state index contributed by atoms with van der Waals surface area (Å²) >= 11 is 0. The van der Waals surface area contributed by atoms with E-state index in [4.69, 9.17) is 0 Å². The normalized spacial score (nSPS) is 16.0. The van der Waals surface area contributed by atoms with E-state index in [0.717, 1.165) is 22.3 Å². The van der Waals surface area contributed by atoms with Crippen LogP contribution >= 0.6 is 0 Å². The second-order valence-corrected chi connectivity index (χ2v) is 8.24. The number of aryl methyl sites for hydroxylation is 2. The third kappa shape index (κ3) is 2.89. The van der Waals surface area contributed by atoms with E-state index in [2.05, 4.69) is 15.5 Å². The molecule has 1 N–H and O–H groups in total. The lowest BCUT2D eigenvalue weighted by Crippen LogP contribution is -2.57. The van der Waals surface area contributed by atoms with Gasteiger partial charge in [0.2, 0.25) is 10.0 Å². The average Bonchev–Trinajstić information content (AvgIpc) is 2.49. The Bertz CT molecular complexity index is 834. The number of nitrogens with zero attached hydrogens (tertiary/aromatic N) is 3. The Morgan fingerprint density at radius 3 is 2.29 bits per heavy atom. The topological polar surface area (TPSA) is 75.2 Å². The van der Waals surface area contributed by atoms with E-state index in [1.807, 2.05) is 39.8 Å². The molecule has 128 valence electrons. The zero-order chi connectivity index (χ0) is 17.5. The van der Waals surface area contributed by atoms with Gasteiger partial charge in [-0.3, -0.25) is 0 Å². The highest BCUT2D eigenvalue weighted by Crippen LogP contribution is 2.31. The largest absolute Gasteiger partial charge is 0.363 e. The number of anilines is 1. The quantitative estimate of drug-likeness (QED) is 0.918. The lowest BCUT2D eigenvalue weighted by Gasteiger charge is -2.39. The molecule has 1 saturated heterocycles. The molecule has 6 nitrogen and oxygen atoms in total. The van der Waals surface area contributed by atoms with E-state index < -0.39 is 10.0 Å². The molecule has 1 aromatic carbocycles. The summed E-state index contributed by atoms with van der Waals surface area (Å²) in [7, 11) is -3.48. The number of sulfonamides is 1. The van der Waals surface area contributed by atoms with Gasteiger partial charge in [0.15, 0.2) is 0 Å². The molecule has 24 heavy (non-hydrogen) atoms. The van der Waals surface area contributed by atoms with E-state index in [1.165, 1.54) is 4.31 Å². The van der Waals surface area contributed by atoms with Crippen molar-refractivity contribution in [1.29, 1.82) is 0 Å². The van der Waals surface area contributed by atoms with Crippen molar-refractivity contribution in [2.24, 2.45) is 0 Å². The minimum Gasteiger partial charge on any atom is -0.363 e. The van der Waals surface area contributed by atoms with Crippen LogP contribution in [0.5, 0.6) is 0 Å². The summed E-state index contributed by atoms with van der Waals surface area (Å²) in [4.78, 5) is 0.456. The standard InChI is InChI=1S/C17H22N4O2S/c1-11-8-12(2)14(4)17(13(11)3)24(22,23)21-9-15(10-21)19-16-6-5-7-18-20-16/h5-8,15H,9-10H2,1-4H3,(H,19,20). The molecule has 1 aliphatic heterocycles. The van der Waals surface area contributed by atoms with E-state index in [-0.39, 0.29) is 6.04 Å². The molecular weight excluding hydrogens is 324 g/mol. The van der Waals surface area contributed by atoms with Crippen LogP contribution < -0.4 is 5.32 Å². The molecule has 0 atom stereocenters. The van der Waals surface area contributed by atoms with Crippen molar-refractivity contribution >= 4 is 15.8 Å². The van der Waals surface area contributed by atoms with Gasteiger partial charge in [0.25, 0.3) is 0 Å². The average molecular weight is 346 g/mol. The van der Waals surface area contributed by atoms with Crippen LogP contribution in [0.15, 0.2) is 29.3 Å². The van der Waals surface area contributed by atoms with Crippen LogP contribution in [0.2, 0.25) is 0 Å². The first-order valence-corrected chi connectivity index (χ1v) is 9.36. The van der Waals surface area contributed by atoms with Crippen LogP contribution in [0, 0.1) is 27.7 Å². The van der Waals surface area contributed by atoms with Crippen molar-refractivity contribution in [2.75, 3.05) is 18.4 Å². The van der Waals surface area contributed by atoms with E-state index >= 15 is 0 Å². The van der Waals surface area contributed by atoms with Crippen LogP contribution in [0.1, 0.15) is 22.3 Å². The Morgan fingerprint density at radius 2 is 1.75 bits per heavy atom. The van der Waals surface area contributed by atoms with Gasteiger partial charge < -0.3 is 5.32 Å². The zero-order valence-corrected chi connectivity index (χ0v) is 15.2. The monoisotopic (exact) mass is 346 g/mol. The number of hydrogen-bond donors (Lipinski definition) is 1. The van der Waals surface area contributed by atoms with Gasteiger partial charge in [-0.15, -0.1) is 5.10 Å². The lowest BCUT2D eigenvalue weighted by atomic mass is 10.0. The predicted octanol–water partition coefficient (Wildman–Crippen LogP) is 2.20. The third-order valence-electron chi connectivity index (χ3n) is 4.67. The van der Waals surface area contributed by atoms with E-state index in [1.54, 1.807) is 12.3 Å². The van der Waals surface area contributed by atoms with Gasteiger partial charge in [-0.1, -0.05) is 6.07 Å². The van der Waals surface area contributed by atoms with Gasteiger partial charge >= 0.3 is 0 Å². The molecule has 0 saturated carbocycles. The number of benzene rings is 1. The van der Waals surface area contributed by atoms with Gasteiger partial charge in [-0.2, -0.15) is 9.40 Å². The number of aromatic nitrogens is 2. The van der Waals surface area contributed by atoms with E-state index in [9.17, 15) is 8.42 Å². The SMILES string of the molecule is Cc1cc(C)c(C)c(S(=O)(=O)N2CC(Nc3cccnn3)C2)c1C. The smallest absolute Gasteiger partial charge is 0.243 e. The maximum Gasteiger partial charge on any atom is 0.243 e. The molecule has 0 amide bonds. The molecule has 7 heteroatoms. The molecule has 3 rings (SSSR count). The molecule has 0 aliphatic carbocycles. The Balaban J connectivity index is 1.79. The Labute approximate surface area is 143 Å². The summed E-state index contributed by atoms with van der Waals surface area (Å²) in [5, 5.41) is 11.0. The fourth-order valence-electron chi connectivity index (χ4n) is 3.01. The summed E-state index contributed by atoms with van der Waals surface area (Å²) < 4.78 is 27.6. The fraction of sp³-hybridized carbons (Fsp3) is 0.412. The van der Waals surface area contributed by atoms with Gasteiger partial charge in [-0.05, 0) is 62.1 Å². The molecule has 0 unspecified atom stereocenters. The van der Waals surface area contributed by atoms with Crippen molar-refractivity contribution in [1.82, 2.24) is 14.5 Å². The summed E-state index contributed by atoms with van der Waals surface area (Å²) in [5.41, 5.74) is 3.68. The minimum absolute atomic E-state index is 0.0583. The van der Waals surface area contributed by atoms with Crippen molar-refractivity contribution in [3.63, 3.8) is 0 Å². The molecule has 0 bridgehead atoms. The summed E-state index contributed by atoms with van der Waals surface area (Å²) in [6.07, 6.45) is 1.61. The summed E-state index contributed by atoms with van der Waals surface area (Å²) in [6, 6.07) is 5.72. The number of rotatable bonds is 4. The predicted molar refractivity (Wildman–Crippen MR) is 93.6 cm³/mol. The first kappa shape index (κ1) is 16.9. The van der Waals surface area contributed by atoms with E-state index in [0.29, 0.717) is 23.8 Å². The first-order chi connectivity index (χ1) is 11.3. The number of hydrogen-bond acceptors (Lipinski definition) is 5. The van der Waals surface area contributed by atoms with Crippen molar-refractivity contribution in [3.05, 3.63) is 46.6 Å². The van der Waals surface area contributed by atoms with Gasteiger partial charge in [0, 0.05) is 19.3 Å². The second kappa shape index (κ2) is 6.14. The van der Waals surface area contributed by atoms with Crippen LogP contribution in [0.4, 0.5) is 5.82 Å². The second-order valence-electron chi connectivity index (χ2n) is 6.36. The fourth-order valence-corrected chi connectivity index (χ4v) is 5.12.